The van der Waals surface area contributed by atoms with Gasteiger partial charge in [0.1, 0.15) is 0 Å². The van der Waals surface area contributed by atoms with Gasteiger partial charge in [0.2, 0.25) is 0 Å². The summed E-state index contributed by atoms with van der Waals surface area (Å²) in [6.45, 7) is 3.76. The van der Waals surface area contributed by atoms with Crippen LogP contribution in [-0.4, -0.2) is 49.8 Å². The number of rotatable bonds is 3. The zero-order valence-electron chi connectivity index (χ0n) is 8.82. The van der Waals surface area contributed by atoms with E-state index in [4.69, 9.17) is 10.5 Å². The molecule has 0 aliphatic carbocycles. The van der Waals surface area contributed by atoms with Crippen molar-refractivity contribution in [2.75, 3.05) is 26.8 Å². The van der Waals surface area contributed by atoms with Crippen LogP contribution < -0.4 is 11.1 Å². The Bertz CT molecular complexity index is 192. The Morgan fingerprint density at radius 1 is 1.79 bits per heavy atom. The van der Waals surface area contributed by atoms with Crippen molar-refractivity contribution in [1.29, 1.82) is 0 Å². The number of urea groups is 1. The average Bonchev–Trinajstić information content (AvgIpc) is 2.68. The van der Waals surface area contributed by atoms with Gasteiger partial charge in [-0.3, -0.25) is 0 Å². The minimum atomic E-state index is -0.0709. The molecule has 82 valence electrons. The maximum atomic E-state index is 11.6. The van der Waals surface area contributed by atoms with Crippen molar-refractivity contribution in [2.24, 2.45) is 5.73 Å². The number of hydrogen-bond donors (Lipinski definition) is 2. The summed E-state index contributed by atoms with van der Waals surface area (Å²) >= 11 is 0. The standard InChI is InChI=1S/C9H19N3O2/c1-7(5-10)12(2)9(13)11-8-3-4-14-6-8/h7-8H,3-6,10H2,1-2H3,(H,11,13). The zero-order chi connectivity index (χ0) is 10.6. The lowest BCUT2D eigenvalue weighted by Crippen LogP contribution is -2.48. The van der Waals surface area contributed by atoms with Gasteiger partial charge in [-0.25, -0.2) is 4.79 Å². The molecule has 5 nitrogen and oxygen atoms in total. The molecule has 0 aromatic heterocycles. The van der Waals surface area contributed by atoms with Gasteiger partial charge in [0.15, 0.2) is 0 Å². The number of carbonyl (C=O) groups excluding carboxylic acids is 1. The van der Waals surface area contributed by atoms with Crippen molar-refractivity contribution >= 4 is 6.03 Å². The third-order valence-corrected chi connectivity index (χ3v) is 2.58. The van der Waals surface area contributed by atoms with Crippen LogP contribution in [0.3, 0.4) is 0 Å². The van der Waals surface area contributed by atoms with Crippen LogP contribution in [-0.2, 0) is 4.74 Å². The highest BCUT2D eigenvalue weighted by Crippen LogP contribution is 2.04. The molecule has 1 saturated heterocycles. The van der Waals surface area contributed by atoms with Gasteiger partial charge in [-0.15, -0.1) is 0 Å². The van der Waals surface area contributed by atoms with Crippen LogP contribution in [0, 0.1) is 0 Å². The summed E-state index contributed by atoms with van der Waals surface area (Å²) in [5.74, 6) is 0. The number of nitrogens with zero attached hydrogens (tertiary/aromatic N) is 1. The topological polar surface area (TPSA) is 67.6 Å². The first-order chi connectivity index (χ1) is 6.65. The van der Waals surface area contributed by atoms with Gasteiger partial charge in [0.25, 0.3) is 0 Å². The Labute approximate surface area is 84.6 Å². The van der Waals surface area contributed by atoms with Gasteiger partial charge in [-0.2, -0.15) is 0 Å². The van der Waals surface area contributed by atoms with E-state index >= 15 is 0 Å². The minimum absolute atomic E-state index is 0.0670. The lowest BCUT2D eigenvalue weighted by Gasteiger charge is -2.25. The first kappa shape index (κ1) is 11.3. The van der Waals surface area contributed by atoms with Gasteiger partial charge in [-0.1, -0.05) is 0 Å². The summed E-state index contributed by atoms with van der Waals surface area (Å²) < 4.78 is 5.17. The van der Waals surface area contributed by atoms with E-state index in [9.17, 15) is 4.79 Å². The van der Waals surface area contributed by atoms with E-state index in [0.29, 0.717) is 13.2 Å². The van der Waals surface area contributed by atoms with E-state index in [1.807, 2.05) is 6.92 Å². The molecule has 0 aromatic carbocycles. The number of hydrogen-bond acceptors (Lipinski definition) is 3. The molecule has 1 aliphatic heterocycles. The van der Waals surface area contributed by atoms with Crippen LogP contribution >= 0.6 is 0 Å². The fraction of sp³-hybridized carbons (Fsp3) is 0.889. The van der Waals surface area contributed by atoms with E-state index in [1.54, 1.807) is 11.9 Å². The van der Waals surface area contributed by atoms with Crippen LogP contribution in [0.5, 0.6) is 0 Å². The Morgan fingerprint density at radius 2 is 2.50 bits per heavy atom. The molecule has 0 saturated carbocycles. The molecule has 2 unspecified atom stereocenters. The quantitative estimate of drug-likeness (QED) is 0.662. The van der Waals surface area contributed by atoms with E-state index in [2.05, 4.69) is 5.32 Å². The van der Waals surface area contributed by atoms with Gasteiger partial charge in [-0.05, 0) is 13.3 Å². The molecule has 2 atom stereocenters. The second-order valence-electron chi connectivity index (χ2n) is 3.71. The van der Waals surface area contributed by atoms with Gasteiger partial charge >= 0.3 is 6.03 Å². The molecular formula is C9H19N3O2. The van der Waals surface area contributed by atoms with E-state index in [0.717, 1.165) is 13.0 Å². The lowest BCUT2D eigenvalue weighted by atomic mass is 10.2. The zero-order valence-corrected chi connectivity index (χ0v) is 8.82. The molecule has 5 heteroatoms. The second-order valence-corrected chi connectivity index (χ2v) is 3.71. The summed E-state index contributed by atoms with van der Waals surface area (Å²) in [6.07, 6.45) is 0.899. The Morgan fingerprint density at radius 3 is 3.00 bits per heavy atom. The maximum Gasteiger partial charge on any atom is 0.317 e. The lowest BCUT2D eigenvalue weighted by molar-refractivity contribution is 0.176. The molecule has 2 amide bonds. The van der Waals surface area contributed by atoms with Crippen LogP contribution in [0.25, 0.3) is 0 Å². The molecule has 1 aliphatic rings. The van der Waals surface area contributed by atoms with Crippen LogP contribution in [0.1, 0.15) is 13.3 Å². The molecule has 0 spiro atoms. The van der Waals surface area contributed by atoms with Crippen molar-refractivity contribution in [1.82, 2.24) is 10.2 Å². The van der Waals surface area contributed by atoms with Crippen molar-refractivity contribution in [3.63, 3.8) is 0 Å². The first-order valence-corrected chi connectivity index (χ1v) is 4.96. The predicted octanol–water partition coefficient (Wildman–Crippen LogP) is -0.236. The Kier molecular flexibility index (Phi) is 4.16. The second kappa shape index (κ2) is 5.17. The highest BCUT2D eigenvalue weighted by molar-refractivity contribution is 5.74. The molecule has 1 heterocycles. The largest absolute Gasteiger partial charge is 0.379 e. The summed E-state index contributed by atoms with van der Waals surface area (Å²) in [6, 6.07) is 0.158. The molecule has 3 N–H and O–H groups in total. The normalized spacial score (nSPS) is 23.2. The predicted molar refractivity (Wildman–Crippen MR) is 54.0 cm³/mol. The Balaban J connectivity index is 2.32. The molecular weight excluding hydrogens is 182 g/mol. The molecule has 14 heavy (non-hydrogen) atoms. The van der Waals surface area contributed by atoms with Crippen molar-refractivity contribution in [2.45, 2.75) is 25.4 Å². The summed E-state index contributed by atoms with van der Waals surface area (Å²) in [5, 5.41) is 2.90. The number of nitrogens with one attached hydrogen (secondary N) is 1. The fourth-order valence-electron chi connectivity index (χ4n) is 1.28. The van der Waals surface area contributed by atoms with Crippen molar-refractivity contribution in [3.8, 4) is 0 Å². The van der Waals surface area contributed by atoms with Crippen LogP contribution in [0.4, 0.5) is 4.79 Å². The van der Waals surface area contributed by atoms with Gasteiger partial charge < -0.3 is 20.7 Å². The number of nitrogens with two attached hydrogens (primary N) is 1. The number of amides is 2. The third kappa shape index (κ3) is 2.85. The van der Waals surface area contributed by atoms with Crippen LogP contribution in [0.15, 0.2) is 0 Å². The molecule has 0 bridgehead atoms. The van der Waals surface area contributed by atoms with Crippen molar-refractivity contribution in [3.05, 3.63) is 0 Å². The van der Waals surface area contributed by atoms with Crippen LogP contribution in [0.2, 0.25) is 0 Å². The SMILES string of the molecule is CC(CN)N(C)C(=O)NC1CCOC1. The summed E-state index contributed by atoms with van der Waals surface area (Å²) in [5.41, 5.74) is 5.47. The highest BCUT2D eigenvalue weighted by atomic mass is 16.5. The van der Waals surface area contributed by atoms with Crippen molar-refractivity contribution < 1.29 is 9.53 Å². The first-order valence-electron chi connectivity index (χ1n) is 4.96. The van der Waals surface area contributed by atoms with E-state index in [-0.39, 0.29) is 18.1 Å². The summed E-state index contributed by atoms with van der Waals surface area (Å²) in [7, 11) is 1.75. The monoisotopic (exact) mass is 201 g/mol. The number of carbonyl (C=O) groups is 1. The van der Waals surface area contributed by atoms with E-state index in [1.165, 1.54) is 0 Å². The highest BCUT2D eigenvalue weighted by Gasteiger charge is 2.21. The molecule has 1 fully saturated rings. The van der Waals surface area contributed by atoms with Gasteiger partial charge in [0, 0.05) is 26.2 Å². The third-order valence-electron chi connectivity index (χ3n) is 2.58. The molecule has 0 aromatic rings. The van der Waals surface area contributed by atoms with Gasteiger partial charge in [0.05, 0.1) is 12.6 Å². The average molecular weight is 201 g/mol. The Hall–Kier alpha value is -0.810. The number of ether oxygens (including phenoxy) is 1. The molecule has 1 rings (SSSR count). The fourth-order valence-corrected chi connectivity index (χ4v) is 1.28. The van der Waals surface area contributed by atoms with E-state index < -0.39 is 0 Å². The summed E-state index contributed by atoms with van der Waals surface area (Å²) in [4.78, 5) is 13.2. The minimum Gasteiger partial charge on any atom is -0.379 e. The molecule has 0 radical (unpaired) electrons. The maximum absolute atomic E-state index is 11.6. The number of likely N-dealkylation sites (N-methyl/N-ethyl adjacent to an activating group) is 1. The smallest absolute Gasteiger partial charge is 0.317 e.